The summed E-state index contributed by atoms with van der Waals surface area (Å²) >= 11 is 0. The van der Waals surface area contributed by atoms with Crippen molar-refractivity contribution in [2.45, 2.75) is 6.54 Å². The first-order valence-corrected chi connectivity index (χ1v) is 3.64. The molecule has 0 aromatic carbocycles. The minimum absolute atomic E-state index is 0.581. The lowest BCUT2D eigenvalue weighted by Crippen LogP contribution is -2.13. The van der Waals surface area contributed by atoms with Crippen LogP contribution in [-0.2, 0) is 6.54 Å². The molecule has 0 aliphatic rings. The number of hydrogen-bond acceptors (Lipinski definition) is 5. The first kappa shape index (κ1) is 8.89. The van der Waals surface area contributed by atoms with Crippen LogP contribution in [0, 0.1) is 0 Å². The van der Waals surface area contributed by atoms with Crippen molar-refractivity contribution < 1.29 is 0 Å². The number of aromatic nitrogens is 2. The Labute approximate surface area is 71.6 Å². The third kappa shape index (κ3) is 2.44. The molecule has 5 heteroatoms. The van der Waals surface area contributed by atoms with Crippen molar-refractivity contribution in [2.24, 2.45) is 5.84 Å². The highest BCUT2D eigenvalue weighted by Gasteiger charge is 1.96. The zero-order valence-corrected chi connectivity index (χ0v) is 7.28. The summed E-state index contributed by atoms with van der Waals surface area (Å²) in [6.07, 6.45) is 3.31. The monoisotopic (exact) mass is 167 g/mol. The number of anilines is 1. The van der Waals surface area contributed by atoms with Crippen molar-refractivity contribution in [3.8, 4) is 0 Å². The van der Waals surface area contributed by atoms with Crippen LogP contribution in [0.5, 0.6) is 0 Å². The van der Waals surface area contributed by atoms with Crippen molar-refractivity contribution >= 4 is 5.82 Å². The maximum absolute atomic E-state index is 5.14. The zero-order chi connectivity index (χ0) is 8.97. The number of hydrogen-bond donors (Lipinski definition) is 2. The second kappa shape index (κ2) is 3.99. The molecule has 12 heavy (non-hydrogen) atoms. The SMILES string of the molecule is CN(C)Cc1cnc(NN)cn1. The molecule has 1 heterocycles. The van der Waals surface area contributed by atoms with Gasteiger partial charge in [-0.3, -0.25) is 4.98 Å². The van der Waals surface area contributed by atoms with E-state index in [0.29, 0.717) is 5.82 Å². The molecule has 1 aromatic heterocycles. The average Bonchev–Trinajstić information content (AvgIpc) is 2.05. The topological polar surface area (TPSA) is 67.1 Å². The lowest BCUT2D eigenvalue weighted by atomic mass is 10.4. The number of nitrogen functional groups attached to an aromatic ring is 1. The van der Waals surface area contributed by atoms with E-state index < -0.39 is 0 Å². The van der Waals surface area contributed by atoms with Gasteiger partial charge in [0, 0.05) is 6.54 Å². The molecule has 0 aliphatic carbocycles. The van der Waals surface area contributed by atoms with Crippen LogP contribution in [0.1, 0.15) is 5.69 Å². The minimum atomic E-state index is 0.581. The highest BCUT2D eigenvalue weighted by Crippen LogP contribution is 1.99. The molecule has 5 nitrogen and oxygen atoms in total. The molecule has 0 spiro atoms. The highest BCUT2D eigenvalue weighted by atomic mass is 15.3. The van der Waals surface area contributed by atoms with E-state index in [2.05, 4.69) is 15.4 Å². The fourth-order valence-corrected chi connectivity index (χ4v) is 0.835. The molecule has 1 aromatic rings. The molecule has 0 saturated carbocycles. The molecule has 0 radical (unpaired) electrons. The number of hydrazine groups is 1. The van der Waals surface area contributed by atoms with Crippen LogP contribution in [0.3, 0.4) is 0 Å². The minimum Gasteiger partial charge on any atom is -0.307 e. The molecule has 3 N–H and O–H groups in total. The summed E-state index contributed by atoms with van der Waals surface area (Å²) in [5, 5.41) is 0. The normalized spacial score (nSPS) is 10.3. The van der Waals surface area contributed by atoms with E-state index >= 15 is 0 Å². The van der Waals surface area contributed by atoms with Gasteiger partial charge in [-0.15, -0.1) is 0 Å². The summed E-state index contributed by atoms with van der Waals surface area (Å²) in [7, 11) is 3.97. The summed E-state index contributed by atoms with van der Waals surface area (Å²) in [6.45, 7) is 0.790. The lowest BCUT2D eigenvalue weighted by molar-refractivity contribution is 0.396. The first-order valence-electron chi connectivity index (χ1n) is 3.64. The summed E-state index contributed by atoms with van der Waals surface area (Å²) in [6, 6.07) is 0. The summed E-state index contributed by atoms with van der Waals surface area (Å²) in [5.74, 6) is 5.72. The molecule has 1 rings (SSSR count). The zero-order valence-electron chi connectivity index (χ0n) is 7.28. The van der Waals surface area contributed by atoms with Gasteiger partial charge >= 0.3 is 0 Å². The van der Waals surface area contributed by atoms with Gasteiger partial charge in [0.1, 0.15) is 0 Å². The van der Waals surface area contributed by atoms with Gasteiger partial charge in [-0.05, 0) is 14.1 Å². The number of nitrogens with two attached hydrogens (primary N) is 1. The molecule has 0 atom stereocenters. The van der Waals surface area contributed by atoms with Crippen molar-refractivity contribution in [2.75, 3.05) is 19.5 Å². The van der Waals surface area contributed by atoms with Crippen LogP contribution in [0.15, 0.2) is 12.4 Å². The van der Waals surface area contributed by atoms with Crippen molar-refractivity contribution in [1.29, 1.82) is 0 Å². The molecule has 0 unspecified atom stereocenters. The molecular weight excluding hydrogens is 154 g/mol. The van der Waals surface area contributed by atoms with E-state index in [9.17, 15) is 0 Å². The summed E-state index contributed by atoms with van der Waals surface area (Å²) in [4.78, 5) is 10.2. The van der Waals surface area contributed by atoms with Crippen LogP contribution in [-0.4, -0.2) is 29.0 Å². The maximum atomic E-state index is 5.14. The quantitative estimate of drug-likeness (QED) is 0.483. The Bertz CT molecular complexity index is 230. The Morgan fingerprint density at radius 2 is 2.17 bits per heavy atom. The van der Waals surface area contributed by atoms with Crippen LogP contribution in [0.2, 0.25) is 0 Å². The molecule has 0 fully saturated rings. The summed E-state index contributed by atoms with van der Waals surface area (Å²) in [5.41, 5.74) is 3.35. The third-order valence-electron chi connectivity index (χ3n) is 1.33. The third-order valence-corrected chi connectivity index (χ3v) is 1.33. The van der Waals surface area contributed by atoms with Crippen LogP contribution in [0.25, 0.3) is 0 Å². The Kier molecular flexibility index (Phi) is 2.95. The maximum Gasteiger partial charge on any atom is 0.158 e. The average molecular weight is 167 g/mol. The van der Waals surface area contributed by atoms with Crippen LogP contribution in [0.4, 0.5) is 5.82 Å². The molecule has 66 valence electrons. The Balaban J connectivity index is 2.65. The van der Waals surface area contributed by atoms with E-state index in [1.54, 1.807) is 12.4 Å². The van der Waals surface area contributed by atoms with Gasteiger partial charge < -0.3 is 10.3 Å². The Hall–Kier alpha value is -1.20. The number of nitrogens with one attached hydrogen (secondary N) is 1. The standard InChI is InChI=1S/C7H13N5/c1-12(2)5-6-3-10-7(11-8)4-9-6/h3-4H,5,8H2,1-2H3,(H,10,11). The van der Waals surface area contributed by atoms with Crippen molar-refractivity contribution in [1.82, 2.24) is 14.9 Å². The van der Waals surface area contributed by atoms with Crippen LogP contribution >= 0.6 is 0 Å². The van der Waals surface area contributed by atoms with Crippen molar-refractivity contribution in [3.05, 3.63) is 18.1 Å². The molecular formula is C7H13N5. The van der Waals surface area contributed by atoms with Gasteiger partial charge in [0.15, 0.2) is 5.82 Å². The second-order valence-electron chi connectivity index (χ2n) is 2.78. The van der Waals surface area contributed by atoms with Crippen molar-refractivity contribution in [3.63, 3.8) is 0 Å². The fraction of sp³-hybridized carbons (Fsp3) is 0.429. The first-order chi connectivity index (χ1) is 5.72. The molecule has 0 aliphatic heterocycles. The number of rotatable bonds is 3. The van der Waals surface area contributed by atoms with E-state index in [1.807, 2.05) is 19.0 Å². The highest BCUT2D eigenvalue weighted by molar-refractivity contribution is 5.28. The molecule has 0 saturated heterocycles. The van der Waals surface area contributed by atoms with E-state index in [0.717, 1.165) is 12.2 Å². The van der Waals surface area contributed by atoms with Gasteiger partial charge in [0.05, 0.1) is 18.1 Å². The Morgan fingerprint density at radius 3 is 2.58 bits per heavy atom. The van der Waals surface area contributed by atoms with Gasteiger partial charge in [-0.1, -0.05) is 0 Å². The smallest absolute Gasteiger partial charge is 0.158 e. The fourth-order valence-electron chi connectivity index (χ4n) is 0.835. The molecule has 0 bridgehead atoms. The van der Waals surface area contributed by atoms with E-state index in [-0.39, 0.29) is 0 Å². The van der Waals surface area contributed by atoms with Gasteiger partial charge in [-0.2, -0.15) is 0 Å². The van der Waals surface area contributed by atoms with E-state index in [1.165, 1.54) is 0 Å². The molecule has 0 amide bonds. The van der Waals surface area contributed by atoms with Gasteiger partial charge in [0.25, 0.3) is 0 Å². The predicted octanol–water partition coefficient (Wildman–Crippen LogP) is -0.176. The predicted molar refractivity (Wildman–Crippen MR) is 47.2 cm³/mol. The van der Waals surface area contributed by atoms with Gasteiger partial charge in [-0.25, -0.2) is 10.8 Å². The van der Waals surface area contributed by atoms with Gasteiger partial charge in [0.2, 0.25) is 0 Å². The van der Waals surface area contributed by atoms with E-state index in [4.69, 9.17) is 5.84 Å². The Morgan fingerprint density at radius 1 is 1.42 bits per heavy atom. The largest absolute Gasteiger partial charge is 0.307 e. The van der Waals surface area contributed by atoms with Crippen LogP contribution < -0.4 is 11.3 Å². The summed E-state index contributed by atoms with van der Waals surface area (Å²) < 4.78 is 0. The number of nitrogens with zero attached hydrogens (tertiary/aromatic N) is 3. The second-order valence-corrected chi connectivity index (χ2v) is 2.78. The lowest BCUT2D eigenvalue weighted by Gasteiger charge is -2.08.